The molecular formula is C20H21N3O3S. The van der Waals surface area contributed by atoms with Crippen LogP contribution in [0.25, 0.3) is 10.8 Å². The van der Waals surface area contributed by atoms with E-state index in [0.717, 1.165) is 16.3 Å². The Morgan fingerprint density at radius 2 is 1.85 bits per heavy atom. The highest BCUT2D eigenvalue weighted by molar-refractivity contribution is 7.89. The molecule has 1 aromatic heterocycles. The number of nitrogens with one attached hydrogen (secondary N) is 2. The molecular weight excluding hydrogens is 362 g/mol. The quantitative estimate of drug-likeness (QED) is 0.655. The molecule has 0 radical (unpaired) electrons. The van der Waals surface area contributed by atoms with E-state index in [9.17, 15) is 13.2 Å². The van der Waals surface area contributed by atoms with Gasteiger partial charge in [-0.05, 0) is 42.5 Å². The van der Waals surface area contributed by atoms with Crippen LogP contribution in [-0.2, 0) is 21.2 Å². The molecule has 6 nitrogen and oxygen atoms in total. The molecule has 1 atom stereocenters. The van der Waals surface area contributed by atoms with E-state index in [1.54, 1.807) is 30.6 Å². The summed E-state index contributed by atoms with van der Waals surface area (Å²) in [7, 11) is -3.80. The molecule has 7 heteroatoms. The van der Waals surface area contributed by atoms with E-state index in [4.69, 9.17) is 0 Å². The van der Waals surface area contributed by atoms with Crippen LogP contribution in [0.5, 0.6) is 0 Å². The van der Waals surface area contributed by atoms with Gasteiger partial charge in [0.25, 0.3) is 0 Å². The standard InChI is InChI=1S/C20H21N3O3S/c1-15(20(24)22-12-9-16-5-3-2-4-6-16)23-27(25,26)19-8-7-18-14-21-11-10-17(18)13-19/h2-8,10-11,13-15,23H,9,12H2,1H3,(H,22,24). The Hall–Kier alpha value is -2.77. The third-order valence-corrected chi connectivity index (χ3v) is 5.74. The van der Waals surface area contributed by atoms with Crippen LogP contribution in [0.2, 0.25) is 0 Å². The van der Waals surface area contributed by atoms with Crippen LogP contribution in [-0.4, -0.2) is 31.9 Å². The molecule has 0 spiro atoms. The number of rotatable bonds is 7. The Labute approximate surface area is 158 Å². The summed E-state index contributed by atoms with van der Waals surface area (Å²) >= 11 is 0. The van der Waals surface area contributed by atoms with Gasteiger partial charge in [-0.1, -0.05) is 36.4 Å². The number of carbonyl (C=O) groups excluding carboxylic acids is 1. The van der Waals surface area contributed by atoms with Crippen LogP contribution >= 0.6 is 0 Å². The van der Waals surface area contributed by atoms with Gasteiger partial charge in [-0.15, -0.1) is 0 Å². The first kappa shape index (κ1) is 19.0. The summed E-state index contributed by atoms with van der Waals surface area (Å²) in [5, 5.41) is 4.38. The second-order valence-electron chi connectivity index (χ2n) is 6.25. The highest BCUT2D eigenvalue weighted by atomic mass is 32.2. The van der Waals surface area contributed by atoms with Crippen LogP contribution in [0, 0.1) is 0 Å². The summed E-state index contributed by atoms with van der Waals surface area (Å²) in [6.45, 7) is 1.97. The van der Waals surface area contributed by atoms with Crippen molar-refractivity contribution >= 4 is 26.7 Å². The van der Waals surface area contributed by atoms with Gasteiger partial charge in [-0.2, -0.15) is 4.72 Å². The predicted octanol–water partition coefficient (Wildman–Crippen LogP) is 2.26. The Kier molecular flexibility index (Phi) is 5.83. The highest BCUT2D eigenvalue weighted by Gasteiger charge is 2.22. The predicted molar refractivity (Wildman–Crippen MR) is 105 cm³/mol. The molecule has 2 N–H and O–H groups in total. The summed E-state index contributed by atoms with van der Waals surface area (Å²) in [5.41, 5.74) is 1.11. The molecule has 1 heterocycles. The zero-order chi connectivity index (χ0) is 19.3. The Bertz CT molecular complexity index is 1040. The summed E-state index contributed by atoms with van der Waals surface area (Å²) in [6.07, 6.45) is 3.96. The Morgan fingerprint density at radius 3 is 2.63 bits per heavy atom. The number of nitrogens with zero attached hydrogens (tertiary/aromatic N) is 1. The van der Waals surface area contributed by atoms with Gasteiger partial charge < -0.3 is 5.32 Å². The molecule has 140 valence electrons. The lowest BCUT2D eigenvalue weighted by Crippen LogP contribution is -2.45. The summed E-state index contributed by atoms with van der Waals surface area (Å²) < 4.78 is 27.6. The van der Waals surface area contributed by atoms with Crippen LogP contribution in [0.1, 0.15) is 12.5 Å². The number of aromatic nitrogens is 1. The van der Waals surface area contributed by atoms with Crippen LogP contribution in [0.15, 0.2) is 71.9 Å². The molecule has 0 aliphatic carbocycles. The van der Waals surface area contributed by atoms with E-state index < -0.39 is 16.1 Å². The number of pyridine rings is 1. The molecule has 1 unspecified atom stereocenters. The molecule has 1 amide bonds. The number of sulfonamides is 1. The fourth-order valence-electron chi connectivity index (χ4n) is 2.71. The Morgan fingerprint density at radius 1 is 1.07 bits per heavy atom. The minimum atomic E-state index is -3.80. The topological polar surface area (TPSA) is 88.2 Å². The molecule has 3 aromatic rings. The summed E-state index contributed by atoms with van der Waals surface area (Å²) in [6, 6.07) is 15.4. The van der Waals surface area contributed by atoms with E-state index in [0.29, 0.717) is 13.0 Å². The molecule has 0 aliphatic rings. The van der Waals surface area contributed by atoms with Gasteiger partial charge in [0.05, 0.1) is 10.9 Å². The largest absolute Gasteiger partial charge is 0.354 e. The maximum absolute atomic E-state index is 12.6. The van der Waals surface area contributed by atoms with Crippen molar-refractivity contribution in [2.75, 3.05) is 6.54 Å². The molecule has 0 saturated carbocycles. The number of hydrogen-bond donors (Lipinski definition) is 2. The number of amides is 1. The normalized spacial score (nSPS) is 12.6. The third kappa shape index (κ3) is 4.90. The molecule has 2 aromatic carbocycles. The average molecular weight is 383 g/mol. The fourth-order valence-corrected chi connectivity index (χ4v) is 3.95. The molecule has 27 heavy (non-hydrogen) atoms. The summed E-state index contributed by atoms with van der Waals surface area (Å²) in [4.78, 5) is 16.3. The summed E-state index contributed by atoms with van der Waals surface area (Å²) in [5.74, 6) is -0.362. The molecule has 0 aliphatic heterocycles. The monoisotopic (exact) mass is 383 g/mol. The Balaban J connectivity index is 1.60. The van der Waals surface area contributed by atoms with Gasteiger partial charge in [0, 0.05) is 24.3 Å². The minimum absolute atomic E-state index is 0.116. The van der Waals surface area contributed by atoms with E-state index in [1.807, 2.05) is 30.3 Å². The van der Waals surface area contributed by atoms with Gasteiger partial charge in [0.2, 0.25) is 15.9 Å². The van der Waals surface area contributed by atoms with Crippen molar-refractivity contribution in [1.82, 2.24) is 15.0 Å². The van der Waals surface area contributed by atoms with E-state index in [2.05, 4.69) is 15.0 Å². The smallest absolute Gasteiger partial charge is 0.241 e. The SMILES string of the molecule is CC(NS(=O)(=O)c1ccc2cnccc2c1)C(=O)NCCc1ccccc1. The van der Waals surface area contributed by atoms with Crippen molar-refractivity contribution in [3.63, 3.8) is 0 Å². The zero-order valence-electron chi connectivity index (χ0n) is 14.9. The minimum Gasteiger partial charge on any atom is -0.354 e. The van der Waals surface area contributed by atoms with Crippen molar-refractivity contribution in [2.24, 2.45) is 0 Å². The van der Waals surface area contributed by atoms with E-state index in [1.165, 1.54) is 13.0 Å². The zero-order valence-corrected chi connectivity index (χ0v) is 15.7. The fraction of sp³-hybridized carbons (Fsp3) is 0.200. The van der Waals surface area contributed by atoms with Gasteiger partial charge in [0.1, 0.15) is 0 Å². The van der Waals surface area contributed by atoms with E-state index >= 15 is 0 Å². The number of carbonyl (C=O) groups is 1. The molecule has 0 bridgehead atoms. The van der Waals surface area contributed by atoms with Crippen molar-refractivity contribution in [3.8, 4) is 0 Å². The first-order valence-corrected chi connectivity index (χ1v) is 10.1. The van der Waals surface area contributed by atoms with Crippen LogP contribution in [0.4, 0.5) is 0 Å². The van der Waals surface area contributed by atoms with Crippen LogP contribution in [0.3, 0.4) is 0 Å². The molecule has 0 fully saturated rings. The van der Waals surface area contributed by atoms with Gasteiger partial charge in [-0.25, -0.2) is 8.42 Å². The second kappa shape index (κ2) is 8.28. The lowest BCUT2D eigenvalue weighted by Gasteiger charge is -2.15. The highest BCUT2D eigenvalue weighted by Crippen LogP contribution is 2.18. The molecule has 3 rings (SSSR count). The average Bonchev–Trinajstić information content (AvgIpc) is 2.68. The first-order chi connectivity index (χ1) is 13.0. The van der Waals surface area contributed by atoms with Crippen molar-refractivity contribution in [3.05, 3.63) is 72.6 Å². The van der Waals surface area contributed by atoms with Crippen molar-refractivity contribution < 1.29 is 13.2 Å². The number of hydrogen-bond acceptors (Lipinski definition) is 4. The van der Waals surface area contributed by atoms with Crippen LogP contribution < -0.4 is 10.0 Å². The van der Waals surface area contributed by atoms with Gasteiger partial charge in [-0.3, -0.25) is 9.78 Å². The second-order valence-corrected chi connectivity index (χ2v) is 7.97. The maximum Gasteiger partial charge on any atom is 0.241 e. The lowest BCUT2D eigenvalue weighted by atomic mass is 10.1. The van der Waals surface area contributed by atoms with Crippen molar-refractivity contribution in [1.29, 1.82) is 0 Å². The number of benzene rings is 2. The maximum atomic E-state index is 12.6. The third-order valence-electron chi connectivity index (χ3n) is 4.20. The van der Waals surface area contributed by atoms with E-state index in [-0.39, 0.29) is 10.8 Å². The lowest BCUT2D eigenvalue weighted by molar-refractivity contribution is -0.122. The number of fused-ring (bicyclic) bond motifs is 1. The van der Waals surface area contributed by atoms with Gasteiger partial charge >= 0.3 is 0 Å². The van der Waals surface area contributed by atoms with Gasteiger partial charge in [0.15, 0.2) is 0 Å². The first-order valence-electron chi connectivity index (χ1n) is 8.63. The van der Waals surface area contributed by atoms with Crippen molar-refractivity contribution in [2.45, 2.75) is 24.3 Å². The molecule has 0 saturated heterocycles.